The third-order valence-corrected chi connectivity index (χ3v) is 6.19. The van der Waals surface area contributed by atoms with Crippen LogP contribution in [0.15, 0.2) is 36.5 Å². The first-order chi connectivity index (χ1) is 10.0. The Hall–Kier alpha value is -1.73. The molecule has 1 fully saturated rings. The fourth-order valence-electron chi connectivity index (χ4n) is 2.27. The van der Waals surface area contributed by atoms with Gasteiger partial charge >= 0.3 is 0 Å². The number of nitrogens with one attached hydrogen (secondary N) is 1. The highest BCUT2D eigenvalue weighted by molar-refractivity contribution is 7.91. The average Bonchev–Trinajstić information content (AvgIpc) is 3.07. The molecule has 0 spiro atoms. The summed E-state index contributed by atoms with van der Waals surface area (Å²) in [5, 5.41) is 2.79. The molecule has 2 aromatic heterocycles. The number of aromatic nitrogens is 1. The first kappa shape index (κ1) is 14.2. The number of carbonyl (C=O) groups excluding carboxylic acids is 1. The molecule has 0 radical (unpaired) electrons. The van der Waals surface area contributed by atoms with Crippen LogP contribution in [-0.2, 0) is 9.84 Å². The van der Waals surface area contributed by atoms with Crippen LogP contribution in [0.4, 0.5) is 0 Å². The molecule has 1 unspecified atom stereocenters. The van der Waals surface area contributed by atoms with Gasteiger partial charge in [0.2, 0.25) is 0 Å². The lowest BCUT2D eigenvalue weighted by atomic mass is 10.2. The smallest absolute Gasteiger partial charge is 0.261 e. The normalized spacial score (nSPS) is 20.3. The van der Waals surface area contributed by atoms with E-state index in [1.165, 1.54) is 11.3 Å². The van der Waals surface area contributed by atoms with Gasteiger partial charge < -0.3 is 5.32 Å². The number of hydrogen-bond donors (Lipinski definition) is 1. The summed E-state index contributed by atoms with van der Waals surface area (Å²) in [5.74, 6) is -0.0250. The first-order valence-corrected chi connectivity index (χ1v) is 9.20. The minimum Gasteiger partial charge on any atom is -0.348 e. The second-order valence-corrected chi connectivity index (χ2v) is 8.26. The molecule has 21 heavy (non-hydrogen) atoms. The van der Waals surface area contributed by atoms with Crippen molar-refractivity contribution in [3.63, 3.8) is 0 Å². The van der Waals surface area contributed by atoms with E-state index < -0.39 is 9.84 Å². The Morgan fingerprint density at radius 3 is 2.81 bits per heavy atom. The zero-order chi connectivity index (χ0) is 14.9. The monoisotopic (exact) mass is 322 g/mol. The molecule has 0 aliphatic carbocycles. The molecular weight excluding hydrogens is 308 g/mol. The summed E-state index contributed by atoms with van der Waals surface area (Å²) < 4.78 is 22.8. The lowest BCUT2D eigenvalue weighted by molar-refractivity contribution is 0.0945. The average molecular weight is 322 g/mol. The number of amides is 1. The molecule has 1 atom stereocenters. The van der Waals surface area contributed by atoms with Crippen molar-refractivity contribution in [1.29, 1.82) is 0 Å². The zero-order valence-electron chi connectivity index (χ0n) is 11.2. The fourth-order valence-corrected chi connectivity index (χ4v) is 4.83. The fraction of sp³-hybridized carbons (Fsp3) is 0.286. The number of hydrogen-bond acceptors (Lipinski definition) is 5. The molecule has 1 amide bonds. The predicted octanol–water partition coefficient (Wildman–Crippen LogP) is 1.73. The Labute approximate surface area is 127 Å². The third kappa shape index (κ3) is 3.30. The van der Waals surface area contributed by atoms with Gasteiger partial charge in [-0.3, -0.25) is 9.78 Å². The molecule has 0 aromatic carbocycles. The van der Waals surface area contributed by atoms with Crippen LogP contribution in [0.3, 0.4) is 0 Å². The molecule has 5 nitrogen and oxygen atoms in total. The van der Waals surface area contributed by atoms with E-state index in [1.54, 1.807) is 12.3 Å². The molecule has 1 N–H and O–H groups in total. The van der Waals surface area contributed by atoms with Crippen molar-refractivity contribution < 1.29 is 13.2 Å². The van der Waals surface area contributed by atoms with Crippen LogP contribution in [-0.4, -0.2) is 36.9 Å². The molecule has 0 saturated carbocycles. The molecular formula is C14H14N2O3S2. The molecule has 7 heteroatoms. The van der Waals surface area contributed by atoms with E-state index in [0.717, 1.165) is 10.6 Å². The summed E-state index contributed by atoms with van der Waals surface area (Å²) in [7, 11) is -2.98. The van der Waals surface area contributed by atoms with Gasteiger partial charge in [-0.2, -0.15) is 0 Å². The highest BCUT2D eigenvalue weighted by Crippen LogP contribution is 2.26. The van der Waals surface area contributed by atoms with Gasteiger partial charge in [-0.05, 0) is 30.7 Å². The second kappa shape index (κ2) is 5.57. The summed E-state index contributed by atoms with van der Waals surface area (Å²) in [6.45, 7) is 0. The highest BCUT2D eigenvalue weighted by atomic mass is 32.2. The highest BCUT2D eigenvalue weighted by Gasteiger charge is 2.29. The number of rotatable bonds is 3. The number of pyridine rings is 1. The van der Waals surface area contributed by atoms with Crippen molar-refractivity contribution in [1.82, 2.24) is 10.3 Å². The van der Waals surface area contributed by atoms with Crippen LogP contribution in [0.25, 0.3) is 10.6 Å². The minimum absolute atomic E-state index is 0.0389. The van der Waals surface area contributed by atoms with Crippen LogP contribution in [0.2, 0.25) is 0 Å². The predicted molar refractivity (Wildman–Crippen MR) is 82.1 cm³/mol. The van der Waals surface area contributed by atoms with E-state index in [1.807, 2.05) is 24.3 Å². The quantitative estimate of drug-likeness (QED) is 0.933. The van der Waals surface area contributed by atoms with E-state index in [9.17, 15) is 13.2 Å². The standard InChI is InChI=1S/C14H14N2O3S2/c17-14(16-10-6-8-21(18,19)9-10)13-5-4-12(20-13)11-3-1-2-7-15-11/h1-5,7,10H,6,8-9H2,(H,16,17). The van der Waals surface area contributed by atoms with Gasteiger partial charge in [0.05, 0.1) is 27.0 Å². The van der Waals surface area contributed by atoms with Crippen molar-refractivity contribution in [2.75, 3.05) is 11.5 Å². The van der Waals surface area contributed by atoms with Crippen LogP contribution >= 0.6 is 11.3 Å². The summed E-state index contributed by atoms with van der Waals surface area (Å²) in [6, 6.07) is 8.94. The van der Waals surface area contributed by atoms with Crippen LogP contribution in [0.5, 0.6) is 0 Å². The number of thiophene rings is 1. The van der Waals surface area contributed by atoms with Crippen molar-refractivity contribution >= 4 is 27.1 Å². The Morgan fingerprint density at radius 1 is 1.29 bits per heavy atom. The number of nitrogens with zero attached hydrogens (tertiary/aromatic N) is 1. The van der Waals surface area contributed by atoms with Crippen LogP contribution < -0.4 is 5.32 Å². The van der Waals surface area contributed by atoms with Crippen molar-refractivity contribution in [2.24, 2.45) is 0 Å². The molecule has 3 heterocycles. The Balaban J connectivity index is 1.70. The maximum Gasteiger partial charge on any atom is 0.261 e. The van der Waals surface area contributed by atoms with Crippen molar-refractivity contribution in [3.8, 4) is 10.6 Å². The molecule has 0 bridgehead atoms. The summed E-state index contributed by atoms with van der Waals surface area (Å²) >= 11 is 1.35. The SMILES string of the molecule is O=C(NC1CCS(=O)(=O)C1)c1ccc(-c2ccccn2)s1. The van der Waals surface area contributed by atoms with E-state index in [0.29, 0.717) is 11.3 Å². The van der Waals surface area contributed by atoms with Gasteiger partial charge in [0.1, 0.15) is 0 Å². The second-order valence-electron chi connectivity index (χ2n) is 4.95. The van der Waals surface area contributed by atoms with Gasteiger partial charge in [-0.15, -0.1) is 11.3 Å². The molecule has 1 saturated heterocycles. The molecule has 110 valence electrons. The van der Waals surface area contributed by atoms with Gasteiger partial charge in [0, 0.05) is 12.2 Å². The first-order valence-electron chi connectivity index (χ1n) is 6.56. The lowest BCUT2D eigenvalue weighted by Crippen LogP contribution is -2.35. The van der Waals surface area contributed by atoms with E-state index in [-0.39, 0.29) is 23.5 Å². The van der Waals surface area contributed by atoms with Crippen molar-refractivity contribution in [2.45, 2.75) is 12.5 Å². The summed E-state index contributed by atoms with van der Waals surface area (Å²) in [6.07, 6.45) is 2.20. The van der Waals surface area contributed by atoms with E-state index >= 15 is 0 Å². The molecule has 3 rings (SSSR count). The Kier molecular flexibility index (Phi) is 3.77. The van der Waals surface area contributed by atoms with E-state index in [2.05, 4.69) is 10.3 Å². The van der Waals surface area contributed by atoms with Gasteiger partial charge in [0.15, 0.2) is 9.84 Å². The minimum atomic E-state index is -2.98. The lowest BCUT2D eigenvalue weighted by Gasteiger charge is -2.09. The van der Waals surface area contributed by atoms with Crippen LogP contribution in [0.1, 0.15) is 16.1 Å². The van der Waals surface area contributed by atoms with Crippen LogP contribution in [0, 0.1) is 0 Å². The number of sulfone groups is 1. The Morgan fingerprint density at radius 2 is 2.14 bits per heavy atom. The molecule has 2 aromatic rings. The summed E-state index contributed by atoms with van der Waals surface area (Å²) in [5.41, 5.74) is 0.824. The third-order valence-electron chi connectivity index (χ3n) is 3.31. The summed E-state index contributed by atoms with van der Waals surface area (Å²) in [4.78, 5) is 17.9. The maximum absolute atomic E-state index is 12.1. The largest absolute Gasteiger partial charge is 0.348 e. The van der Waals surface area contributed by atoms with Crippen molar-refractivity contribution in [3.05, 3.63) is 41.4 Å². The van der Waals surface area contributed by atoms with Gasteiger partial charge in [-0.1, -0.05) is 6.07 Å². The molecule has 1 aliphatic heterocycles. The molecule has 1 aliphatic rings. The number of carbonyl (C=O) groups is 1. The van der Waals surface area contributed by atoms with Gasteiger partial charge in [0.25, 0.3) is 5.91 Å². The zero-order valence-corrected chi connectivity index (χ0v) is 12.8. The van der Waals surface area contributed by atoms with Gasteiger partial charge in [-0.25, -0.2) is 8.42 Å². The van der Waals surface area contributed by atoms with E-state index in [4.69, 9.17) is 0 Å². The Bertz CT molecular complexity index is 754. The topological polar surface area (TPSA) is 76.1 Å². The maximum atomic E-state index is 12.1.